The highest BCUT2D eigenvalue weighted by atomic mass is 16.4. The van der Waals surface area contributed by atoms with Crippen molar-refractivity contribution in [1.82, 2.24) is 5.32 Å². The van der Waals surface area contributed by atoms with Gasteiger partial charge in [0.1, 0.15) is 5.76 Å². The van der Waals surface area contributed by atoms with Gasteiger partial charge in [-0.15, -0.1) is 0 Å². The van der Waals surface area contributed by atoms with Crippen LogP contribution in [0.1, 0.15) is 72.3 Å². The molecule has 1 aromatic rings. The maximum absolute atomic E-state index is 12.3. The van der Waals surface area contributed by atoms with Gasteiger partial charge in [0.05, 0.1) is 5.56 Å². The van der Waals surface area contributed by atoms with Crippen LogP contribution in [0.25, 0.3) is 0 Å². The van der Waals surface area contributed by atoms with Crippen LogP contribution in [0.3, 0.4) is 0 Å². The highest BCUT2D eigenvalue weighted by molar-refractivity contribution is 6.03. The van der Waals surface area contributed by atoms with Gasteiger partial charge < -0.3 is 14.8 Å². The van der Waals surface area contributed by atoms with Gasteiger partial charge in [-0.1, -0.05) is 13.8 Å². The third-order valence-electron chi connectivity index (χ3n) is 4.16. The number of amides is 1. The second-order valence-electron chi connectivity index (χ2n) is 7.04. The van der Waals surface area contributed by atoms with Crippen LogP contribution in [0.5, 0.6) is 0 Å². The number of carbonyl (C=O) groups excluding carboxylic acids is 2. The van der Waals surface area contributed by atoms with E-state index in [1.807, 2.05) is 20.8 Å². The van der Waals surface area contributed by atoms with Gasteiger partial charge in [0.15, 0.2) is 11.5 Å². The van der Waals surface area contributed by atoms with Gasteiger partial charge in [0.2, 0.25) is 0 Å². The van der Waals surface area contributed by atoms with Crippen LogP contribution in [0.4, 0.5) is 0 Å². The van der Waals surface area contributed by atoms with E-state index in [1.165, 1.54) is 0 Å². The van der Waals surface area contributed by atoms with Gasteiger partial charge in [0.25, 0.3) is 5.91 Å². The lowest BCUT2D eigenvalue weighted by molar-refractivity contribution is 0.0882. The number of hydrogen-bond acceptors (Lipinski definition) is 4. The van der Waals surface area contributed by atoms with Gasteiger partial charge in [0, 0.05) is 31.1 Å². The summed E-state index contributed by atoms with van der Waals surface area (Å²) < 4.78 is 5.73. The summed E-state index contributed by atoms with van der Waals surface area (Å²) in [5.74, 6) is 0.640. The lowest BCUT2D eigenvalue weighted by Crippen LogP contribution is -2.32. The first kappa shape index (κ1) is 16.7. The molecule has 2 N–H and O–H groups in total. The number of Topliss-reactive ketones (excluding diaryl/α,β-unsaturated/α-hetero) is 1. The Morgan fingerprint density at radius 1 is 1.41 bits per heavy atom. The van der Waals surface area contributed by atoms with Gasteiger partial charge in [-0.25, -0.2) is 0 Å². The number of ketones is 1. The molecule has 0 aliphatic heterocycles. The summed E-state index contributed by atoms with van der Waals surface area (Å²) in [5, 5.41) is 11.7. The zero-order chi connectivity index (χ0) is 16.5. The Hall–Kier alpha value is -1.62. The average Bonchev–Trinajstić information content (AvgIpc) is 2.71. The fourth-order valence-corrected chi connectivity index (χ4v) is 3.06. The average molecular weight is 307 g/mol. The summed E-state index contributed by atoms with van der Waals surface area (Å²) in [4.78, 5) is 24.6. The van der Waals surface area contributed by atoms with Crippen molar-refractivity contribution in [2.24, 2.45) is 5.41 Å². The van der Waals surface area contributed by atoms with E-state index in [9.17, 15) is 9.59 Å². The van der Waals surface area contributed by atoms with Crippen molar-refractivity contribution >= 4 is 11.7 Å². The van der Waals surface area contributed by atoms with E-state index in [4.69, 9.17) is 9.52 Å². The smallest absolute Gasteiger partial charge is 0.287 e. The van der Waals surface area contributed by atoms with Crippen molar-refractivity contribution in [3.63, 3.8) is 0 Å². The zero-order valence-electron chi connectivity index (χ0n) is 13.8. The molecule has 1 aliphatic rings. The van der Waals surface area contributed by atoms with E-state index >= 15 is 0 Å². The van der Waals surface area contributed by atoms with Crippen LogP contribution < -0.4 is 5.32 Å². The first-order chi connectivity index (χ1) is 10.2. The normalized spacial score (nSPS) is 18.0. The predicted octanol–water partition coefficient (Wildman–Crippen LogP) is 2.63. The maximum atomic E-state index is 12.3. The minimum absolute atomic E-state index is 0.0479. The number of aliphatic hydroxyl groups is 1. The van der Waals surface area contributed by atoms with Crippen LogP contribution >= 0.6 is 0 Å². The molecule has 5 heteroatoms. The summed E-state index contributed by atoms with van der Waals surface area (Å²) in [7, 11) is 0. The highest BCUT2D eigenvalue weighted by Gasteiger charge is 2.37. The predicted molar refractivity (Wildman–Crippen MR) is 83.1 cm³/mol. The quantitative estimate of drug-likeness (QED) is 0.876. The third-order valence-corrected chi connectivity index (χ3v) is 4.16. The molecule has 1 aromatic heterocycles. The number of furan rings is 1. The number of nitrogens with one attached hydrogen (secondary N) is 1. The molecule has 0 fully saturated rings. The third kappa shape index (κ3) is 3.40. The van der Waals surface area contributed by atoms with Crippen LogP contribution in [-0.4, -0.2) is 29.4 Å². The molecule has 1 heterocycles. The molecular formula is C17H25NO4. The zero-order valence-corrected chi connectivity index (χ0v) is 13.8. The summed E-state index contributed by atoms with van der Waals surface area (Å²) in [5.41, 5.74) is 1.10. The number of rotatable bonds is 5. The van der Waals surface area contributed by atoms with Crippen LogP contribution in [0, 0.1) is 12.3 Å². The molecular weight excluding hydrogens is 282 g/mol. The fraction of sp³-hybridized carbons (Fsp3) is 0.647. The Labute approximate surface area is 131 Å². The van der Waals surface area contributed by atoms with E-state index in [-0.39, 0.29) is 35.5 Å². The highest BCUT2D eigenvalue weighted by Crippen LogP contribution is 2.38. The van der Waals surface area contributed by atoms with Crippen LogP contribution in [-0.2, 0) is 6.42 Å². The molecule has 1 aliphatic carbocycles. The number of carbonyl (C=O) groups is 2. The number of hydrogen-bond donors (Lipinski definition) is 2. The molecule has 22 heavy (non-hydrogen) atoms. The lowest BCUT2D eigenvalue weighted by Gasteiger charge is -2.27. The first-order valence-electron chi connectivity index (χ1n) is 7.82. The topological polar surface area (TPSA) is 79.5 Å². The van der Waals surface area contributed by atoms with Crippen molar-refractivity contribution in [1.29, 1.82) is 0 Å². The van der Waals surface area contributed by atoms with E-state index in [0.29, 0.717) is 42.6 Å². The molecule has 0 radical (unpaired) electrons. The summed E-state index contributed by atoms with van der Waals surface area (Å²) in [6.45, 7) is 7.83. The molecule has 0 bridgehead atoms. The summed E-state index contributed by atoms with van der Waals surface area (Å²) in [6, 6.07) is -0.0479. The van der Waals surface area contributed by atoms with Gasteiger partial charge in [-0.2, -0.15) is 0 Å². The molecule has 1 amide bonds. The van der Waals surface area contributed by atoms with Crippen molar-refractivity contribution in [2.75, 3.05) is 6.61 Å². The Bertz CT molecular complexity index is 586. The Morgan fingerprint density at radius 3 is 2.73 bits per heavy atom. The van der Waals surface area contributed by atoms with Crippen molar-refractivity contribution < 1.29 is 19.1 Å². The monoisotopic (exact) mass is 307 g/mol. The van der Waals surface area contributed by atoms with Crippen molar-refractivity contribution in [2.45, 2.75) is 59.4 Å². The van der Waals surface area contributed by atoms with E-state index in [2.05, 4.69) is 5.32 Å². The Morgan fingerprint density at radius 2 is 2.09 bits per heavy atom. The molecule has 0 aromatic carbocycles. The Kier molecular flexibility index (Phi) is 4.75. The molecule has 0 spiro atoms. The summed E-state index contributed by atoms with van der Waals surface area (Å²) >= 11 is 0. The van der Waals surface area contributed by atoms with Crippen LogP contribution in [0.2, 0.25) is 0 Å². The fourth-order valence-electron chi connectivity index (χ4n) is 3.06. The van der Waals surface area contributed by atoms with Crippen LogP contribution in [0.15, 0.2) is 4.42 Å². The first-order valence-corrected chi connectivity index (χ1v) is 7.82. The van der Waals surface area contributed by atoms with Crippen molar-refractivity contribution in [3.05, 3.63) is 22.6 Å². The number of aliphatic hydroxyl groups excluding tert-OH is 1. The molecule has 1 unspecified atom stereocenters. The second-order valence-corrected chi connectivity index (χ2v) is 7.04. The molecule has 1 atom stereocenters. The second kappa shape index (κ2) is 6.24. The molecule has 122 valence electrons. The van der Waals surface area contributed by atoms with E-state index < -0.39 is 0 Å². The van der Waals surface area contributed by atoms with E-state index in [0.717, 1.165) is 0 Å². The van der Waals surface area contributed by atoms with Gasteiger partial charge in [-0.05, 0) is 32.1 Å². The minimum Gasteiger partial charge on any atom is -0.455 e. The largest absolute Gasteiger partial charge is 0.455 e. The minimum atomic E-state index is -0.289. The standard InChI is InChI=1S/C17H25NO4/c1-10(6-5-7-19)18-16(21)15-11(2)14-12(20)8-17(3,4)9-13(14)22-15/h10,19H,5-9H2,1-4H3,(H,18,21). The molecule has 0 saturated heterocycles. The van der Waals surface area contributed by atoms with E-state index in [1.54, 1.807) is 6.92 Å². The maximum Gasteiger partial charge on any atom is 0.287 e. The lowest BCUT2D eigenvalue weighted by atomic mass is 9.76. The van der Waals surface area contributed by atoms with Gasteiger partial charge in [-0.3, -0.25) is 9.59 Å². The SMILES string of the molecule is Cc1c(C(=O)NC(C)CCCO)oc2c1C(=O)CC(C)(C)C2. The summed E-state index contributed by atoms with van der Waals surface area (Å²) in [6.07, 6.45) is 2.49. The van der Waals surface area contributed by atoms with Gasteiger partial charge >= 0.3 is 0 Å². The molecule has 0 saturated carbocycles. The van der Waals surface area contributed by atoms with Crippen molar-refractivity contribution in [3.8, 4) is 0 Å². The number of fused-ring (bicyclic) bond motifs is 1. The molecule has 2 rings (SSSR count). The molecule has 5 nitrogen and oxygen atoms in total. The Balaban J connectivity index is 2.20.